The molecule has 0 spiro atoms. The van der Waals surface area contributed by atoms with E-state index >= 15 is 0 Å². The van der Waals surface area contributed by atoms with Crippen molar-refractivity contribution in [1.29, 1.82) is 0 Å². The van der Waals surface area contributed by atoms with Gasteiger partial charge in [0.1, 0.15) is 0 Å². The van der Waals surface area contributed by atoms with E-state index in [9.17, 15) is 0 Å². The molecule has 0 saturated carbocycles. The van der Waals surface area contributed by atoms with Gasteiger partial charge in [-0.15, -0.1) is 0 Å². The third-order valence-corrected chi connectivity index (χ3v) is 6.14. The van der Waals surface area contributed by atoms with Crippen LogP contribution in [-0.2, 0) is 9.47 Å². The zero-order valence-corrected chi connectivity index (χ0v) is 21.3. The molecule has 0 fully saturated rings. The first-order valence-electron chi connectivity index (χ1n) is 13.4. The van der Waals surface area contributed by atoms with Gasteiger partial charge in [0, 0.05) is 39.5 Å². The Morgan fingerprint density at radius 2 is 0.633 bits per heavy atom. The van der Waals surface area contributed by atoms with Crippen LogP contribution in [0.3, 0.4) is 0 Å². The number of hydrogen-bond acceptors (Lipinski definition) is 4. The fourth-order valence-corrected chi connectivity index (χ4v) is 3.89. The Morgan fingerprint density at radius 3 is 0.933 bits per heavy atom. The monoisotopic (exact) mass is 428 g/mol. The molecule has 0 aromatic rings. The van der Waals surface area contributed by atoms with E-state index < -0.39 is 0 Å². The number of unbranched alkanes of at least 4 members (excludes halogenated alkanes) is 9. The third kappa shape index (κ3) is 21.1. The lowest BCUT2D eigenvalue weighted by atomic mass is 10.1. The van der Waals surface area contributed by atoms with Gasteiger partial charge in [0.05, 0.1) is 0 Å². The summed E-state index contributed by atoms with van der Waals surface area (Å²) in [5.41, 5.74) is 0. The van der Waals surface area contributed by atoms with Crippen LogP contribution in [0.4, 0.5) is 0 Å². The van der Waals surface area contributed by atoms with Crippen molar-refractivity contribution in [2.45, 2.75) is 105 Å². The predicted molar refractivity (Wildman–Crippen MR) is 133 cm³/mol. The predicted octanol–water partition coefficient (Wildman–Crippen LogP) is 6.38. The molecule has 0 aliphatic heterocycles. The second-order valence-electron chi connectivity index (χ2n) is 8.52. The second kappa shape index (κ2) is 25.1. The molecule has 0 saturated heterocycles. The Hall–Kier alpha value is -0.160. The van der Waals surface area contributed by atoms with Crippen LogP contribution in [0.25, 0.3) is 0 Å². The molecular formula is C26H56N2O2. The van der Waals surface area contributed by atoms with Crippen LogP contribution in [0, 0.1) is 0 Å². The molecule has 4 nitrogen and oxygen atoms in total. The van der Waals surface area contributed by atoms with Crippen LogP contribution >= 0.6 is 0 Å². The Labute approximate surface area is 190 Å². The van der Waals surface area contributed by atoms with Crippen LogP contribution in [0.2, 0.25) is 0 Å². The molecule has 182 valence electrons. The molecule has 0 unspecified atom stereocenters. The molecule has 4 heteroatoms. The van der Waals surface area contributed by atoms with E-state index in [2.05, 4.69) is 37.5 Å². The standard InChI is InChI=1S/C26H56N2O2/c1-5-27(6-2)21-19-25-29-23-17-15-13-11-9-10-12-14-16-18-24-30-26-20-22-28(7-3)8-4/h5-26H2,1-4H3. The van der Waals surface area contributed by atoms with E-state index in [1.54, 1.807) is 0 Å². The van der Waals surface area contributed by atoms with Gasteiger partial charge in [-0.25, -0.2) is 0 Å². The van der Waals surface area contributed by atoms with Crippen molar-refractivity contribution < 1.29 is 9.47 Å². The van der Waals surface area contributed by atoms with Gasteiger partial charge in [0.2, 0.25) is 0 Å². The largest absolute Gasteiger partial charge is 0.381 e. The van der Waals surface area contributed by atoms with Crippen molar-refractivity contribution in [3.63, 3.8) is 0 Å². The van der Waals surface area contributed by atoms with E-state index in [1.165, 1.54) is 90.1 Å². The van der Waals surface area contributed by atoms with Gasteiger partial charge in [-0.3, -0.25) is 0 Å². The minimum absolute atomic E-state index is 0.928. The van der Waals surface area contributed by atoms with Crippen LogP contribution < -0.4 is 0 Å². The Balaban J connectivity index is 3.10. The highest BCUT2D eigenvalue weighted by atomic mass is 16.5. The Bertz CT molecular complexity index is 277. The van der Waals surface area contributed by atoms with Gasteiger partial charge in [-0.05, 0) is 51.9 Å². The molecule has 0 rings (SSSR count). The van der Waals surface area contributed by atoms with Gasteiger partial charge in [0.25, 0.3) is 0 Å². The summed E-state index contributed by atoms with van der Waals surface area (Å²) in [6.07, 6.45) is 15.9. The maximum Gasteiger partial charge on any atom is 0.0478 e. The average molecular weight is 429 g/mol. The zero-order chi connectivity index (χ0) is 22.1. The summed E-state index contributed by atoms with van der Waals surface area (Å²) in [6, 6.07) is 0. The van der Waals surface area contributed by atoms with E-state index in [1.807, 2.05) is 0 Å². The number of nitrogens with zero attached hydrogens (tertiary/aromatic N) is 2. The molecule has 0 radical (unpaired) electrons. The Kier molecular flexibility index (Phi) is 25.0. The molecule has 30 heavy (non-hydrogen) atoms. The average Bonchev–Trinajstić information content (AvgIpc) is 2.77. The van der Waals surface area contributed by atoms with Crippen molar-refractivity contribution >= 4 is 0 Å². The highest BCUT2D eigenvalue weighted by Crippen LogP contribution is 2.11. The first-order chi connectivity index (χ1) is 14.8. The normalized spacial score (nSPS) is 11.8. The van der Waals surface area contributed by atoms with Gasteiger partial charge in [-0.2, -0.15) is 0 Å². The Morgan fingerprint density at radius 1 is 0.367 bits per heavy atom. The lowest BCUT2D eigenvalue weighted by Crippen LogP contribution is -2.24. The summed E-state index contributed by atoms with van der Waals surface area (Å²) in [5.74, 6) is 0. The lowest BCUT2D eigenvalue weighted by Gasteiger charge is -2.17. The summed E-state index contributed by atoms with van der Waals surface area (Å²) < 4.78 is 11.5. The smallest absolute Gasteiger partial charge is 0.0478 e. The summed E-state index contributed by atoms with van der Waals surface area (Å²) in [7, 11) is 0. The first-order valence-corrected chi connectivity index (χ1v) is 13.4. The molecule has 0 aromatic carbocycles. The van der Waals surface area contributed by atoms with E-state index in [-0.39, 0.29) is 0 Å². The van der Waals surface area contributed by atoms with Crippen LogP contribution in [0.15, 0.2) is 0 Å². The van der Waals surface area contributed by atoms with Gasteiger partial charge >= 0.3 is 0 Å². The maximum atomic E-state index is 5.77. The van der Waals surface area contributed by atoms with Gasteiger partial charge in [-0.1, -0.05) is 79.1 Å². The molecule has 0 atom stereocenters. The fourth-order valence-electron chi connectivity index (χ4n) is 3.89. The summed E-state index contributed by atoms with van der Waals surface area (Å²) in [6.45, 7) is 19.7. The van der Waals surface area contributed by atoms with Crippen LogP contribution in [-0.4, -0.2) is 75.5 Å². The van der Waals surface area contributed by atoms with Crippen molar-refractivity contribution in [1.82, 2.24) is 9.80 Å². The molecule has 0 heterocycles. The highest BCUT2D eigenvalue weighted by molar-refractivity contribution is 4.53. The van der Waals surface area contributed by atoms with Gasteiger partial charge in [0.15, 0.2) is 0 Å². The molecule has 0 aliphatic carbocycles. The second-order valence-corrected chi connectivity index (χ2v) is 8.52. The molecular weight excluding hydrogens is 372 g/mol. The molecule has 0 N–H and O–H groups in total. The van der Waals surface area contributed by atoms with Crippen molar-refractivity contribution in [2.24, 2.45) is 0 Å². The number of ether oxygens (including phenoxy) is 2. The minimum Gasteiger partial charge on any atom is -0.381 e. The lowest BCUT2D eigenvalue weighted by molar-refractivity contribution is 0.118. The quantitative estimate of drug-likeness (QED) is 0.157. The molecule has 0 amide bonds. The van der Waals surface area contributed by atoms with Gasteiger partial charge < -0.3 is 19.3 Å². The zero-order valence-electron chi connectivity index (χ0n) is 21.3. The van der Waals surface area contributed by atoms with Crippen molar-refractivity contribution in [2.75, 3.05) is 65.7 Å². The van der Waals surface area contributed by atoms with E-state index in [4.69, 9.17) is 9.47 Å². The summed E-state index contributed by atoms with van der Waals surface area (Å²) >= 11 is 0. The third-order valence-electron chi connectivity index (χ3n) is 6.14. The molecule has 0 bridgehead atoms. The fraction of sp³-hybridized carbons (Fsp3) is 1.00. The number of hydrogen-bond donors (Lipinski definition) is 0. The summed E-state index contributed by atoms with van der Waals surface area (Å²) in [5, 5.41) is 0. The molecule has 0 aliphatic rings. The minimum atomic E-state index is 0.928. The maximum absolute atomic E-state index is 5.77. The van der Waals surface area contributed by atoms with Crippen molar-refractivity contribution in [3.05, 3.63) is 0 Å². The number of rotatable bonds is 25. The van der Waals surface area contributed by atoms with Crippen LogP contribution in [0.1, 0.15) is 105 Å². The SMILES string of the molecule is CCN(CC)CCCOCCCCCCCCCCCCOCCCN(CC)CC. The molecule has 0 aromatic heterocycles. The summed E-state index contributed by atoms with van der Waals surface area (Å²) in [4.78, 5) is 4.93. The first kappa shape index (κ1) is 29.8. The topological polar surface area (TPSA) is 24.9 Å². The van der Waals surface area contributed by atoms with E-state index in [0.29, 0.717) is 0 Å². The van der Waals surface area contributed by atoms with E-state index in [0.717, 1.165) is 52.6 Å². The highest BCUT2D eigenvalue weighted by Gasteiger charge is 1.99. The van der Waals surface area contributed by atoms with Crippen molar-refractivity contribution in [3.8, 4) is 0 Å². The van der Waals surface area contributed by atoms with Crippen LogP contribution in [0.5, 0.6) is 0 Å².